The Hall–Kier alpha value is -0.570. The van der Waals surface area contributed by atoms with Crippen molar-refractivity contribution in [3.63, 3.8) is 0 Å². The largest absolute Gasteiger partial charge is 0.348 e. The van der Waals surface area contributed by atoms with Gasteiger partial charge < -0.3 is 4.90 Å². The highest BCUT2D eigenvalue weighted by molar-refractivity contribution is 7.10. The molecular formula is C7H10N2S. The second-order valence-electron chi connectivity index (χ2n) is 2.82. The zero-order chi connectivity index (χ0) is 7.14. The van der Waals surface area contributed by atoms with E-state index < -0.39 is 0 Å². The van der Waals surface area contributed by atoms with Crippen LogP contribution in [0.5, 0.6) is 0 Å². The lowest BCUT2D eigenvalue weighted by molar-refractivity contribution is 0.636. The summed E-state index contributed by atoms with van der Waals surface area (Å²) in [6.07, 6.45) is 0. The molecule has 0 radical (unpaired) electrons. The van der Waals surface area contributed by atoms with Crippen LogP contribution in [-0.4, -0.2) is 11.0 Å². The third-order valence-electron chi connectivity index (χ3n) is 1.83. The lowest BCUT2D eigenvalue weighted by Crippen LogP contribution is -2.37. The normalized spacial score (nSPS) is 15.3. The van der Waals surface area contributed by atoms with E-state index in [1.54, 1.807) is 11.3 Å². The predicted octanol–water partition coefficient (Wildman–Crippen LogP) is 1.87. The SMILES string of the molecule is CC(C)N1Cc2scnc21. The number of rotatable bonds is 1. The second kappa shape index (κ2) is 1.95. The smallest absolute Gasteiger partial charge is 0.145 e. The van der Waals surface area contributed by atoms with E-state index in [2.05, 4.69) is 23.7 Å². The highest BCUT2D eigenvalue weighted by Gasteiger charge is 2.27. The topological polar surface area (TPSA) is 16.1 Å². The molecule has 2 nitrogen and oxygen atoms in total. The van der Waals surface area contributed by atoms with Gasteiger partial charge in [-0.1, -0.05) is 0 Å². The molecule has 1 aromatic rings. The molecule has 1 aliphatic rings. The lowest BCUT2D eigenvalue weighted by atomic mass is 10.2. The van der Waals surface area contributed by atoms with Gasteiger partial charge in [-0.3, -0.25) is 0 Å². The van der Waals surface area contributed by atoms with Crippen LogP contribution in [0.2, 0.25) is 0 Å². The lowest BCUT2D eigenvalue weighted by Gasteiger charge is -2.34. The number of hydrogen-bond acceptors (Lipinski definition) is 3. The minimum absolute atomic E-state index is 0.606. The molecule has 10 heavy (non-hydrogen) atoms. The van der Waals surface area contributed by atoms with Crippen LogP contribution in [0.4, 0.5) is 5.82 Å². The first kappa shape index (κ1) is 6.16. The summed E-state index contributed by atoms with van der Waals surface area (Å²) in [6, 6.07) is 0.606. The fourth-order valence-electron chi connectivity index (χ4n) is 1.17. The summed E-state index contributed by atoms with van der Waals surface area (Å²) in [4.78, 5) is 8.00. The third-order valence-corrected chi connectivity index (χ3v) is 2.64. The molecule has 2 heterocycles. The Morgan fingerprint density at radius 2 is 2.50 bits per heavy atom. The number of hydrogen-bond donors (Lipinski definition) is 0. The van der Waals surface area contributed by atoms with Gasteiger partial charge in [-0.15, -0.1) is 11.3 Å². The molecule has 0 aromatic carbocycles. The second-order valence-corrected chi connectivity index (χ2v) is 3.76. The Bertz CT molecular complexity index is 242. The summed E-state index contributed by atoms with van der Waals surface area (Å²) in [7, 11) is 0. The van der Waals surface area contributed by atoms with Crippen LogP contribution in [0.3, 0.4) is 0 Å². The van der Waals surface area contributed by atoms with Crippen LogP contribution in [0.1, 0.15) is 18.7 Å². The first-order valence-electron chi connectivity index (χ1n) is 3.48. The van der Waals surface area contributed by atoms with E-state index in [0.717, 1.165) is 6.54 Å². The number of aromatic nitrogens is 1. The molecule has 0 fully saturated rings. The van der Waals surface area contributed by atoms with Crippen LogP contribution < -0.4 is 4.90 Å². The number of anilines is 1. The van der Waals surface area contributed by atoms with Gasteiger partial charge in [0, 0.05) is 6.04 Å². The van der Waals surface area contributed by atoms with Gasteiger partial charge in [0.2, 0.25) is 0 Å². The van der Waals surface area contributed by atoms with Crippen molar-refractivity contribution in [3.05, 3.63) is 10.4 Å². The summed E-state index contributed by atoms with van der Waals surface area (Å²) >= 11 is 1.76. The zero-order valence-electron chi connectivity index (χ0n) is 6.16. The molecule has 54 valence electrons. The van der Waals surface area contributed by atoms with E-state index in [0.29, 0.717) is 6.04 Å². The van der Waals surface area contributed by atoms with Crippen LogP contribution in [-0.2, 0) is 6.54 Å². The van der Waals surface area contributed by atoms with Gasteiger partial charge in [-0.2, -0.15) is 0 Å². The molecule has 0 aliphatic carbocycles. The van der Waals surface area contributed by atoms with Crippen molar-refractivity contribution < 1.29 is 0 Å². The molecule has 0 spiro atoms. The Kier molecular flexibility index (Phi) is 1.20. The van der Waals surface area contributed by atoms with Crippen molar-refractivity contribution in [3.8, 4) is 0 Å². The molecule has 0 saturated heterocycles. The van der Waals surface area contributed by atoms with Crippen molar-refractivity contribution in [2.24, 2.45) is 0 Å². The van der Waals surface area contributed by atoms with E-state index in [4.69, 9.17) is 0 Å². The highest BCUT2D eigenvalue weighted by Crippen LogP contribution is 2.35. The van der Waals surface area contributed by atoms with E-state index in [-0.39, 0.29) is 0 Å². The van der Waals surface area contributed by atoms with Crippen LogP contribution in [0.15, 0.2) is 5.51 Å². The van der Waals surface area contributed by atoms with Crippen molar-refractivity contribution in [2.75, 3.05) is 4.90 Å². The molecule has 0 saturated carbocycles. The summed E-state index contributed by atoms with van der Waals surface area (Å²) in [5, 5.41) is 0. The van der Waals surface area contributed by atoms with Crippen molar-refractivity contribution in [1.82, 2.24) is 4.98 Å². The zero-order valence-corrected chi connectivity index (χ0v) is 6.98. The average molecular weight is 154 g/mol. The molecule has 0 unspecified atom stereocenters. The number of fused-ring (bicyclic) bond motifs is 1. The van der Waals surface area contributed by atoms with E-state index in [1.807, 2.05) is 5.51 Å². The Balaban J connectivity index is 2.25. The molecule has 1 aliphatic heterocycles. The standard InChI is InChI=1S/C7H10N2S/c1-5(2)9-3-6-7(9)8-4-10-6/h4-5H,3H2,1-2H3. The monoisotopic (exact) mass is 154 g/mol. The molecule has 3 heteroatoms. The summed E-state index contributed by atoms with van der Waals surface area (Å²) in [5.74, 6) is 1.21. The van der Waals surface area contributed by atoms with Crippen molar-refractivity contribution in [2.45, 2.75) is 26.4 Å². The fourth-order valence-corrected chi connectivity index (χ4v) is 1.94. The third kappa shape index (κ3) is 0.669. The van der Waals surface area contributed by atoms with Gasteiger partial charge in [-0.05, 0) is 13.8 Å². The molecular weight excluding hydrogens is 144 g/mol. The van der Waals surface area contributed by atoms with Gasteiger partial charge in [0.25, 0.3) is 0 Å². The first-order chi connectivity index (χ1) is 4.79. The van der Waals surface area contributed by atoms with Gasteiger partial charge >= 0.3 is 0 Å². The van der Waals surface area contributed by atoms with Gasteiger partial charge in [0.15, 0.2) is 0 Å². The Morgan fingerprint density at radius 3 is 3.10 bits per heavy atom. The molecule has 2 rings (SSSR count). The first-order valence-corrected chi connectivity index (χ1v) is 4.36. The maximum absolute atomic E-state index is 4.25. The van der Waals surface area contributed by atoms with Crippen molar-refractivity contribution in [1.29, 1.82) is 0 Å². The quantitative estimate of drug-likeness (QED) is 0.614. The average Bonchev–Trinajstić information content (AvgIpc) is 2.11. The van der Waals surface area contributed by atoms with Crippen LogP contribution in [0, 0.1) is 0 Å². The maximum Gasteiger partial charge on any atom is 0.145 e. The van der Waals surface area contributed by atoms with E-state index >= 15 is 0 Å². The summed E-state index contributed by atoms with van der Waals surface area (Å²) < 4.78 is 0. The molecule has 0 atom stereocenters. The minimum Gasteiger partial charge on any atom is -0.348 e. The number of nitrogens with zero attached hydrogens (tertiary/aromatic N) is 2. The predicted molar refractivity (Wildman–Crippen MR) is 43.4 cm³/mol. The number of thiazole rings is 1. The van der Waals surface area contributed by atoms with E-state index in [1.165, 1.54) is 10.7 Å². The van der Waals surface area contributed by atoms with E-state index in [9.17, 15) is 0 Å². The Morgan fingerprint density at radius 1 is 1.70 bits per heavy atom. The Labute approximate surface area is 64.5 Å². The van der Waals surface area contributed by atoms with Gasteiger partial charge in [-0.25, -0.2) is 4.98 Å². The summed E-state index contributed by atoms with van der Waals surface area (Å²) in [5.41, 5.74) is 1.92. The van der Waals surface area contributed by atoms with Crippen LogP contribution in [0.25, 0.3) is 0 Å². The molecule has 1 aromatic heterocycles. The van der Waals surface area contributed by atoms with Gasteiger partial charge in [0.05, 0.1) is 16.9 Å². The van der Waals surface area contributed by atoms with Crippen LogP contribution >= 0.6 is 11.3 Å². The van der Waals surface area contributed by atoms with Gasteiger partial charge in [0.1, 0.15) is 5.82 Å². The minimum atomic E-state index is 0.606. The highest BCUT2D eigenvalue weighted by atomic mass is 32.1. The molecule has 0 N–H and O–H groups in total. The van der Waals surface area contributed by atoms with Crippen molar-refractivity contribution >= 4 is 17.2 Å². The molecule has 0 bridgehead atoms. The molecule has 0 amide bonds. The summed E-state index contributed by atoms with van der Waals surface area (Å²) in [6.45, 7) is 5.50. The maximum atomic E-state index is 4.25. The fraction of sp³-hybridized carbons (Fsp3) is 0.571.